The van der Waals surface area contributed by atoms with E-state index in [2.05, 4.69) is 9.97 Å². The second-order valence-corrected chi connectivity index (χ2v) is 7.21. The first-order valence-corrected chi connectivity index (χ1v) is 10.0. The molecular weight excluding hydrogens is 360 g/mol. The van der Waals surface area contributed by atoms with E-state index in [-0.39, 0.29) is 17.2 Å². The van der Waals surface area contributed by atoms with Gasteiger partial charge in [0.05, 0.1) is 11.4 Å². The number of hydrogen-bond acceptors (Lipinski definition) is 5. The first-order chi connectivity index (χ1) is 13.0. The highest BCUT2D eigenvalue weighted by molar-refractivity contribution is 7.99. The molecule has 0 aliphatic rings. The molecule has 1 heterocycles. The van der Waals surface area contributed by atoms with Crippen LogP contribution in [0.25, 0.3) is 11.3 Å². The SMILES string of the molecule is CCCN(CCC)C(=O)CSc1nc(-c2ccc(C)cc2)c(C#N)c(=O)[nH]1. The molecular formula is C20H24N4O2S. The number of aromatic amines is 1. The van der Waals surface area contributed by atoms with Crippen molar-refractivity contribution in [2.75, 3.05) is 18.8 Å². The summed E-state index contributed by atoms with van der Waals surface area (Å²) in [6.45, 7) is 7.48. The van der Waals surface area contributed by atoms with E-state index in [1.54, 1.807) is 0 Å². The van der Waals surface area contributed by atoms with Gasteiger partial charge in [0, 0.05) is 18.7 Å². The van der Waals surface area contributed by atoms with Crippen LogP contribution in [0.1, 0.15) is 37.8 Å². The van der Waals surface area contributed by atoms with E-state index in [4.69, 9.17) is 0 Å². The zero-order valence-electron chi connectivity index (χ0n) is 15.9. The average Bonchev–Trinajstić information content (AvgIpc) is 2.66. The lowest BCUT2D eigenvalue weighted by Crippen LogP contribution is -2.33. The van der Waals surface area contributed by atoms with Crippen LogP contribution in [0, 0.1) is 18.3 Å². The van der Waals surface area contributed by atoms with Gasteiger partial charge in [-0.05, 0) is 19.8 Å². The Hall–Kier alpha value is -2.59. The molecule has 0 radical (unpaired) electrons. The topological polar surface area (TPSA) is 89.8 Å². The number of rotatable bonds is 8. The van der Waals surface area contributed by atoms with Crippen LogP contribution in [-0.2, 0) is 4.79 Å². The number of aromatic nitrogens is 2. The molecule has 2 aromatic rings. The Morgan fingerprint density at radius 1 is 1.22 bits per heavy atom. The summed E-state index contributed by atoms with van der Waals surface area (Å²) in [6, 6.07) is 9.41. The lowest BCUT2D eigenvalue weighted by molar-refractivity contribution is -0.128. The minimum Gasteiger partial charge on any atom is -0.342 e. The van der Waals surface area contributed by atoms with Crippen LogP contribution in [0.5, 0.6) is 0 Å². The molecule has 27 heavy (non-hydrogen) atoms. The highest BCUT2D eigenvalue weighted by Gasteiger charge is 2.16. The number of hydrogen-bond donors (Lipinski definition) is 1. The molecule has 0 atom stereocenters. The molecule has 1 amide bonds. The van der Waals surface area contributed by atoms with E-state index in [0.29, 0.717) is 16.4 Å². The molecule has 0 aliphatic carbocycles. The molecule has 0 unspecified atom stereocenters. The first-order valence-electron chi connectivity index (χ1n) is 9.02. The molecule has 1 aromatic carbocycles. The molecule has 0 bridgehead atoms. The number of thioether (sulfide) groups is 1. The predicted molar refractivity (Wildman–Crippen MR) is 108 cm³/mol. The number of H-pyrrole nitrogens is 1. The van der Waals surface area contributed by atoms with Crippen molar-refractivity contribution >= 4 is 17.7 Å². The van der Waals surface area contributed by atoms with Crippen LogP contribution in [0.4, 0.5) is 0 Å². The van der Waals surface area contributed by atoms with Crippen molar-refractivity contribution in [3.8, 4) is 17.3 Å². The van der Waals surface area contributed by atoms with Crippen LogP contribution in [0.15, 0.2) is 34.2 Å². The first kappa shape index (κ1) is 20.7. The zero-order chi connectivity index (χ0) is 19.8. The third-order valence-electron chi connectivity index (χ3n) is 4.01. The molecule has 0 saturated heterocycles. The van der Waals surface area contributed by atoms with Crippen LogP contribution < -0.4 is 5.56 Å². The maximum Gasteiger partial charge on any atom is 0.270 e. The van der Waals surface area contributed by atoms with Crippen molar-refractivity contribution < 1.29 is 4.79 Å². The second-order valence-electron chi connectivity index (χ2n) is 6.24. The molecule has 2 rings (SSSR count). The monoisotopic (exact) mass is 384 g/mol. The van der Waals surface area contributed by atoms with Crippen molar-refractivity contribution in [1.29, 1.82) is 5.26 Å². The van der Waals surface area contributed by atoms with E-state index in [9.17, 15) is 14.9 Å². The smallest absolute Gasteiger partial charge is 0.270 e. The standard InChI is InChI=1S/C20H24N4O2S/c1-4-10-24(11-5-2)17(25)13-27-20-22-18(16(12-21)19(26)23-20)15-8-6-14(3)7-9-15/h6-9H,4-5,10-11,13H2,1-3H3,(H,22,23,26). The minimum absolute atomic E-state index is 0.0203. The lowest BCUT2D eigenvalue weighted by Gasteiger charge is -2.21. The van der Waals surface area contributed by atoms with Gasteiger partial charge in [-0.3, -0.25) is 9.59 Å². The molecule has 142 valence electrons. The lowest BCUT2D eigenvalue weighted by atomic mass is 10.1. The summed E-state index contributed by atoms with van der Waals surface area (Å²) in [5.41, 5.74) is 1.62. The molecule has 1 aromatic heterocycles. The van der Waals surface area contributed by atoms with Crippen LogP contribution in [0.2, 0.25) is 0 Å². The number of nitriles is 1. The molecule has 1 N–H and O–H groups in total. The molecule has 0 fully saturated rings. The summed E-state index contributed by atoms with van der Waals surface area (Å²) in [5.74, 6) is 0.218. The minimum atomic E-state index is -0.489. The molecule has 6 nitrogen and oxygen atoms in total. The van der Waals surface area contributed by atoms with E-state index in [1.165, 1.54) is 11.8 Å². The highest BCUT2D eigenvalue weighted by atomic mass is 32.2. The van der Waals surface area contributed by atoms with Crippen LogP contribution in [0.3, 0.4) is 0 Å². The Labute approximate surface area is 163 Å². The quantitative estimate of drug-likeness (QED) is 0.557. The Morgan fingerprint density at radius 2 is 1.85 bits per heavy atom. The summed E-state index contributed by atoms with van der Waals surface area (Å²) in [5, 5.41) is 9.68. The third-order valence-corrected chi connectivity index (χ3v) is 4.86. The number of benzene rings is 1. The Kier molecular flexibility index (Phi) is 7.62. The van der Waals surface area contributed by atoms with Crippen molar-refractivity contribution in [3.63, 3.8) is 0 Å². The summed E-state index contributed by atoms with van der Waals surface area (Å²) >= 11 is 1.19. The maximum atomic E-state index is 12.4. The third kappa shape index (κ3) is 5.44. The normalized spacial score (nSPS) is 10.4. The van der Waals surface area contributed by atoms with Gasteiger partial charge in [-0.15, -0.1) is 0 Å². The fraction of sp³-hybridized carbons (Fsp3) is 0.400. The summed E-state index contributed by atoms with van der Waals surface area (Å²) in [7, 11) is 0. The van der Waals surface area contributed by atoms with Gasteiger partial charge in [0.2, 0.25) is 5.91 Å². The van der Waals surface area contributed by atoms with Crippen molar-refractivity contribution in [2.24, 2.45) is 0 Å². The van der Waals surface area contributed by atoms with E-state index in [1.807, 2.05) is 56.0 Å². The van der Waals surface area contributed by atoms with Gasteiger partial charge in [-0.25, -0.2) is 4.98 Å². The number of carbonyl (C=O) groups excluding carboxylic acids is 1. The van der Waals surface area contributed by atoms with Gasteiger partial charge < -0.3 is 9.88 Å². The summed E-state index contributed by atoms with van der Waals surface area (Å²) in [6.07, 6.45) is 1.81. The van der Waals surface area contributed by atoms with Crippen molar-refractivity contribution in [3.05, 3.63) is 45.7 Å². The fourth-order valence-electron chi connectivity index (χ4n) is 2.67. The summed E-state index contributed by atoms with van der Waals surface area (Å²) in [4.78, 5) is 33.6. The van der Waals surface area contributed by atoms with Gasteiger partial charge in [0.1, 0.15) is 11.6 Å². The number of nitrogens with zero attached hydrogens (tertiary/aromatic N) is 3. The van der Waals surface area contributed by atoms with Crippen LogP contribution in [-0.4, -0.2) is 39.6 Å². The predicted octanol–water partition coefficient (Wildman–Crippen LogP) is 3.36. The van der Waals surface area contributed by atoms with Gasteiger partial charge in [-0.1, -0.05) is 55.4 Å². The van der Waals surface area contributed by atoms with Crippen molar-refractivity contribution in [2.45, 2.75) is 38.8 Å². The highest BCUT2D eigenvalue weighted by Crippen LogP contribution is 2.22. The van der Waals surface area contributed by atoms with Gasteiger partial charge in [0.25, 0.3) is 5.56 Å². The number of amides is 1. The maximum absolute atomic E-state index is 12.4. The summed E-state index contributed by atoms with van der Waals surface area (Å²) < 4.78 is 0. The second kappa shape index (κ2) is 9.93. The Bertz CT molecular complexity index is 878. The largest absolute Gasteiger partial charge is 0.342 e. The molecule has 0 spiro atoms. The van der Waals surface area contributed by atoms with Crippen LogP contribution >= 0.6 is 11.8 Å². The molecule has 0 aliphatic heterocycles. The molecule has 0 saturated carbocycles. The van der Waals surface area contributed by atoms with E-state index >= 15 is 0 Å². The van der Waals surface area contributed by atoms with Crippen molar-refractivity contribution in [1.82, 2.24) is 14.9 Å². The van der Waals surface area contributed by atoms with E-state index in [0.717, 1.165) is 31.5 Å². The van der Waals surface area contributed by atoms with E-state index < -0.39 is 5.56 Å². The van der Waals surface area contributed by atoms with Gasteiger partial charge >= 0.3 is 0 Å². The Balaban J connectivity index is 2.26. The van der Waals surface area contributed by atoms with Gasteiger partial charge in [0.15, 0.2) is 5.16 Å². The number of aryl methyl sites for hydroxylation is 1. The van der Waals surface area contributed by atoms with Gasteiger partial charge in [-0.2, -0.15) is 5.26 Å². The average molecular weight is 385 g/mol. The zero-order valence-corrected chi connectivity index (χ0v) is 16.7. The number of carbonyl (C=O) groups is 1. The fourth-order valence-corrected chi connectivity index (χ4v) is 3.43. The number of nitrogens with one attached hydrogen (secondary N) is 1. The Morgan fingerprint density at radius 3 is 2.41 bits per heavy atom. The molecule has 7 heteroatoms.